The zero-order valence-electron chi connectivity index (χ0n) is 10.5. The molecule has 0 aromatic heterocycles. The van der Waals surface area contributed by atoms with Crippen molar-refractivity contribution in [2.24, 2.45) is 0 Å². The Labute approximate surface area is 102 Å². The largest absolute Gasteiger partial charge is 0.497 e. The Morgan fingerprint density at radius 2 is 1.82 bits per heavy atom. The Bertz CT molecular complexity index is 351. The highest BCUT2D eigenvalue weighted by Crippen LogP contribution is 2.27. The summed E-state index contributed by atoms with van der Waals surface area (Å²) >= 11 is 0. The van der Waals surface area contributed by atoms with Gasteiger partial charge in [0.2, 0.25) is 0 Å². The highest BCUT2D eigenvalue weighted by atomic mass is 16.5. The molecule has 1 aliphatic heterocycles. The Hall–Kier alpha value is -1.26. The number of ether oxygens (including phenoxy) is 3. The molecule has 2 atom stereocenters. The molecular formula is C13H19NO3. The van der Waals surface area contributed by atoms with Crippen molar-refractivity contribution < 1.29 is 14.2 Å². The van der Waals surface area contributed by atoms with E-state index in [1.165, 1.54) is 0 Å². The Morgan fingerprint density at radius 3 is 2.29 bits per heavy atom. The summed E-state index contributed by atoms with van der Waals surface area (Å²) in [6, 6.07) is 6.10. The van der Waals surface area contributed by atoms with Gasteiger partial charge < -0.3 is 19.5 Å². The number of nitrogens with one attached hydrogen (secondary N) is 1. The first kappa shape index (κ1) is 12.2. The predicted molar refractivity (Wildman–Crippen MR) is 65.7 cm³/mol. The van der Waals surface area contributed by atoms with Crippen molar-refractivity contribution in [1.82, 2.24) is 5.32 Å². The van der Waals surface area contributed by atoms with E-state index in [4.69, 9.17) is 14.2 Å². The molecule has 1 aromatic rings. The second-order valence-corrected chi connectivity index (χ2v) is 4.25. The van der Waals surface area contributed by atoms with E-state index < -0.39 is 0 Å². The van der Waals surface area contributed by atoms with Crippen molar-refractivity contribution in [1.29, 1.82) is 0 Å². The molecule has 1 aromatic carbocycles. The quantitative estimate of drug-likeness (QED) is 0.869. The minimum Gasteiger partial charge on any atom is -0.497 e. The van der Waals surface area contributed by atoms with E-state index in [1.54, 1.807) is 14.2 Å². The summed E-state index contributed by atoms with van der Waals surface area (Å²) in [5, 5.41) is 3.45. The van der Waals surface area contributed by atoms with Crippen LogP contribution in [0.1, 0.15) is 18.5 Å². The Balaban J connectivity index is 2.19. The van der Waals surface area contributed by atoms with Crippen molar-refractivity contribution in [2.45, 2.75) is 19.1 Å². The fourth-order valence-corrected chi connectivity index (χ4v) is 1.93. The standard InChI is InChI=1S/C13H19NO3/c1-9-7-14-13(8-17-9)10-4-11(15-2)6-12(5-10)16-3/h4-6,9,13-14H,7-8H2,1-3H3. The van der Waals surface area contributed by atoms with Gasteiger partial charge in [-0.25, -0.2) is 0 Å². The van der Waals surface area contributed by atoms with Gasteiger partial charge in [-0.05, 0) is 24.6 Å². The highest BCUT2D eigenvalue weighted by molar-refractivity contribution is 5.40. The molecule has 2 unspecified atom stereocenters. The monoisotopic (exact) mass is 237 g/mol. The molecule has 1 heterocycles. The molecule has 0 aliphatic carbocycles. The number of hydrogen-bond donors (Lipinski definition) is 1. The normalized spacial score (nSPS) is 24.4. The first-order valence-electron chi connectivity index (χ1n) is 5.81. The Kier molecular flexibility index (Phi) is 3.86. The number of benzene rings is 1. The first-order chi connectivity index (χ1) is 8.22. The topological polar surface area (TPSA) is 39.7 Å². The molecule has 4 nitrogen and oxygen atoms in total. The van der Waals surface area contributed by atoms with Crippen LogP contribution in [0.3, 0.4) is 0 Å². The molecule has 0 spiro atoms. The second-order valence-electron chi connectivity index (χ2n) is 4.25. The van der Waals surface area contributed by atoms with Crippen molar-refractivity contribution >= 4 is 0 Å². The van der Waals surface area contributed by atoms with E-state index in [1.807, 2.05) is 18.2 Å². The average Bonchev–Trinajstić information content (AvgIpc) is 2.39. The number of methoxy groups -OCH3 is 2. The molecule has 0 saturated carbocycles. The lowest BCUT2D eigenvalue weighted by molar-refractivity contribution is 0.0148. The molecule has 1 aliphatic rings. The van der Waals surface area contributed by atoms with Crippen LogP contribution in [0.15, 0.2) is 18.2 Å². The highest BCUT2D eigenvalue weighted by Gasteiger charge is 2.20. The van der Waals surface area contributed by atoms with Gasteiger partial charge in [-0.1, -0.05) is 0 Å². The van der Waals surface area contributed by atoms with Crippen molar-refractivity contribution in [3.63, 3.8) is 0 Å². The van der Waals surface area contributed by atoms with E-state index >= 15 is 0 Å². The molecule has 0 bridgehead atoms. The molecule has 1 fully saturated rings. The van der Waals surface area contributed by atoms with Crippen LogP contribution < -0.4 is 14.8 Å². The lowest BCUT2D eigenvalue weighted by Gasteiger charge is -2.29. The van der Waals surface area contributed by atoms with Crippen LogP contribution in [0.2, 0.25) is 0 Å². The van der Waals surface area contributed by atoms with E-state index in [9.17, 15) is 0 Å². The summed E-state index contributed by atoms with van der Waals surface area (Å²) in [6.07, 6.45) is 0.277. The predicted octanol–water partition coefficient (Wildman–Crippen LogP) is 1.75. The SMILES string of the molecule is COc1cc(OC)cc(C2COC(C)CN2)c1. The maximum atomic E-state index is 5.65. The van der Waals surface area contributed by atoms with Crippen molar-refractivity contribution in [2.75, 3.05) is 27.4 Å². The average molecular weight is 237 g/mol. The maximum absolute atomic E-state index is 5.65. The van der Waals surface area contributed by atoms with Crippen molar-refractivity contribution in [3.05, 3.63) is 23.8 Å². The van der Waals surface area contributed by atoms with Gasteiger partial charge in [-0.2, -0.15) is 0 Å². The van der Waals surface area contributed by atoms with E-state index in [0.717, 1.165) is 23.6 Å². The van der Waals surface area contributed by atoms with Crippen LogP contribution in [0, 0.1) is 0 Å². The van der Waals surface area contributed by atoms with Gasteiger partial charge in [-0.3, -0.25) is 0 Å². The molecule has 94 valence electrons. The fourth-order valence-electron chi connectivity index (χ4n) is 1.93. The zero-order valence-corrected chi connectivity index (χ0v) is 10.5. The third kappa shape index (κ3) is 2.90. The molecule has 4 heteroatoms. The van der Waals surface area contributed by atoms with Gasteiger partial charge in [0.05, 0.1) is 33.0 Å². The lowest BCUT2D eigenvalue weighted by Crippen LogP contribution is -2.39. The van der Waals surface area contributed by atoms with Crippen LogP contribution in [-0.4, -0.2) is 33.5 Å². The molecule has 2 rings (SSSR count). The third-order valence-corrected chi connectivity index (χ3v) is 2.98. The van der Waals surface area contributed by atoms with Gasteiger partial charge in [-0.15, -0.1) is 0 Å². The van der Waals surface area contributed by atoms with Gasteiger partial charge >= 0.3 is 0 Å². The lowest BCUT2D eigenvalue weighted by atomic mass is 10.1. The van der Waals surface area contributed by atoms with Crippen LogP contribution in [-0.2, 0) is 4.74 Å². The Morgan fingerprint density at radius 1 is 1.18 bits per heavy atom. The van der Waals surface area contributed by atoms with E-state index in [2.05, 4.69) is 12.2 Å². The fraction of sp³-hybridized carbons (Fsp3) is 0.538. The minimum absolute atomic E-state index is 0.204. The van der Waals surface area contributed by atoms with Gasteiger partial charge in [0.1, 0.15) is 11.5 Å². The molecule has 0 radical (unpaired) electrons. The van der Waals surface area contributed by atoms with E-state index in [-0.39, 0.29) is 12.1 Å². The summed E-state index contributed by atoms with van der Waals surface area (Å²) in [5.41, 5.74) is 1.13. The number of hydrogen-bond acceptors (Lipinski definition) is 4. The molecule has 1 saturated heterocycles. The summed E-state index contributed by atoms with van der Waals surface area (Å²) < 4.78 is 16.2. The van der Waals surface area contributed by atoms with Gasteiger partial charge in [0, 0.05) is 12.6 Å². The maximum Gasteiger partial charge on any atom is 0.122 e. The first-order valence-corrected chi connectivity index (χ1v) is 5.81. The molecular weight excluding hydrogens is 218 g/mol. The number of rotatable bonds is 3. The minimum atomic E-state index is 0.204. The molecule has 1 N–H and O–H groups in total. The third-order valence-electron chi connectivity index (χ3n) is 2.98. The molecule has 0 amide bonds. The summed E-state index contributed by atoms with van der Waals surface area (Å²) in [5.74, 6) is 1.61. The smallest absolute Gasteiger partial charge is 0.122 e. The van der Waals surface area contributed by atoms with Crippen LogP contribution >= 0.6 is 0 Å². The van der Waals surface area contributed by atoms with Crippen molar-refractivity contribution in [3.8, 4) is 11.5 Å². The van der Waals surface area contributed by atoms with Gasteiger partial charge in [0.25, 0.3) is 0 Å². The second kappa shape index (κ2) is 5.38. The summed E-state index contributed by atoms with van der Waals surface area (Å²) in [6.45, 7) is 3.61. The van der Waals surface area contributed by atoms with E-state index in [0.29, 0.717) is 6.61 Å². The number of morpholine rings is 1. The summed E-state index contributed by atoms with van der Waals surface area (Å²) in [4.78, 5) is 0. The van der Waals surface area contributed by atoms with Crippen LogP contribution in [0.25, 0.3) is 0 Å². The summed E-state index contributed by atoms with van der Waals surface area (Å²) in [7, 11) is 3.32. The van der Waals surface area contributed by atoms with Crippen LogP contribution in [0.5, 0.6) is 11.5 Å². The molecule has 17 heavy (non-hydrogen) atoms. The zero-order chi connectivity index (χ0) is 12.3. The van der Waals surface area contributed by atoms with Crippen LogP contribution in [0.4, 0.5) is 0 Å². The van der Waals surface area contributed by atoms with Gasteiger partial charge in [0.15, 0.2) is 0 Å².